The van der Waals surface area contributed by atoms with Gasteiger partial charge in [-0.15, -0.1) is 0 Å². The lowest BCUT2D eigenvalue weighted by Crippen LogP contribution is -2.36. The molecule has 1 rings (SSSR count). The molecule has 5 N–H and O–H groups in total. The van der Waals surface area contributed by atoms with Crippen molar-refractivity contribution in [1.29, 1.82) is 0 Å². The standard InChI is InChI=1S/C8H16N4O2/c9-6(7(13)14)2-1-3-10-8-11-4-5-12-8/h6H,1-5,9H2,(H,13,14)(H2,10,11,12)/t6-/m0/s1. The Kier molecular flexibility index (Phi) is 4.18. The molecule has 1 atom stereocenters. The summed E-state index contributed by atoms with van der Waals surface area (Å²) in [5.41, 5.74) is 5.34. The van der Waals surface area contributed by atoms with E-state index in [1.54, 1.807) is 0 Å². The smallest absolute Gasteiger partial charge is 0.320 e. The summed E-state index contributed by atoms with van der Waals surface area (Å²) in [6.45, 7) is 2.38. The van der Waals surface area contributed by atoms with Crippen LogP contribution in [-0.2, 0) is 4.79 Å². The highest BCUT2D eigenvalue weighted by molar-refractivity contribution is 5.81. The molecule has 80 valence electrons. The number of aliphatic carboxylic acids is 1. The molecule has 1 aliphatic rings. The molecule has 0 unspecified atom stereocenters. The molecule has 0 aromatic heterocycles. The van der Waals surface area contributed by atoms with Gasteiger partial charge in [0.2, 0.25) is 0 Å². The third kappa shape index (κ3) is 3.61. The number of nitrogens with zero attached hydrogens (tertiary/aromatic N) is 1. The van der Waals surface area contributed by atoms with Gasteiger partial charge in [0.15, 0.2) is 5.96 Å². The molecular weight excluding hydrogens is 184 g/mol. The van der Waals surface area contributed by atoms with Crippen LogP contribution in [0.25, 0.3) is 0 Å². The molecule has 0 amide bonds. The van der Waals surface area contributed by atoms with E-state index >= 15 is 0 Å². The summed E-state index contributed by atoms with van der Waals surface area (Å²) in [6.07, 6.45) is 1.21. The molecule has 0 aromatic rings. The molecule has 0 aliphatic carbocycles. The lowest BCUT2D eigenvalue weighted by molar-refractivity contribution is -0.138. The molecule has 6 nitrogen and oxygen atoms in total. The number of guanidine groups is 1. The number of rotatable bonds is 5. The second kappa shape index (κ2) is 5.43. The van der Waals surface area contributed by atoms with E-state index in [0.29, 0.717) is 13.0 Å². The van der Waals surface area contributed by atoms with Gasteiger partial charge in [0.1, 0.15) is 6.04 Å². The Morgan fingerprint density at radius 2 is 2.57 bits per heavy atom. The zero-order valence-corrected chi connectivity index (χ0v) is 7.99. The fraction of sp³-hybridized carbons (Fsp3) is 0.750. The van der Waals surface area contributed by atoms with Crippen LogP contribution in [0.5, 0.6) is 0 Å². The Labute approximate surface area is 82.6 Å². The van der Waals surface area contributed by atoms with Gasteiger partial charge in [-0.1, -0.05) is 0 Å². The van der Waals surface area contributed by atoms with Crippen molar-refractivity contribution in [3.05, 3.63) is 0 Å². The number of nitrogens with one attached hydrogen (secondary N) is 2. The van der Waals surface area contributed by atoms with Gasteiger partial charge < -0.3 is 21.5 Å². The first-order valence-electron chi connectivity index (χ1n) is 4.70. The summed E-state index contributed by atoms with van der Waals surface area (Å²) in [5, 5.41) is 14.6. The minimum atomic E-state index is -0.943. The van der Waals surface area contributed by atoms with E-state index in [0.717, 1.165) is 25.5 Å². The molecule has 0 spiro atoms. The Bertz CT molecular complexity index is 229. The van der Waals surface area contributed by atoms with Gasteiger partial charge in [-0.3, -0.25) is 9.79 Å². The quantitative estimate of drug-likeness (QED) is 0.414. The van der Waals surface area contributed by atoms with E-state index in [-0.39, 0.29) is 0 Å². The van der Waals surface area contributed by atoms with Gasteiger partial charge in [0.05, 0.1) is 6.54 Å². The minimum Gasteiger partial charge on any atom is -0.480 e. The van der Waals surface area contributed by atoms with E-state index in [1.165, 1.54) is 0 Å². The highest BCUT2D eigenvalue weighted by atomic mass is 16.4. The van der Waals surface area contributed by atoms with Gasteiger partial charge in [0, 0.05) is 13.1 Å². The molecule has 1 aliphatic heterocycles. The highest BCUT2D eigenvalue weighted by Gasteiger charge is 2.10. The van der Waals surface area contributed by atoms with E-state index < -0.39 is 12.0 Å². The molecule has 0 aromatic carbocycles. The van der Waals surface area contributed by atoms with Crippen molar-refractivity contribution in [2.45, 2.75) is 18.9 Å². The molecule has 0 saturated carbocycles. The number of hydrogen-bond donors (Lipinski definition) is 4. The number of carboxylic acid groups (broad SMARTS) is 1. The summed E-state index contributed by atoms with van der Waals surface area (Å²) in [4.78, 5) is 14.5. The number of hydrogen-bond acceptors (Lipinski definition) is 5. The third-order valence-electron chi connectivity index (χ3n) is 1.98. The van der Waals surface area contributed by atoms with Crippen molar-refractivity contribution in [3.63, 3.8) is 0 Å². The Hall–Kier alpha value is -1.30. The first-order valence-corrected chi connectivity index (χ1v) is 4.70. The zero-order valence-electron chi connectivity index (χ0n) is 7.99. The molecule has 0 bridgehead atoms. The van der Waals surface area contributed by atoms with E-state index in [4.69, 9.17) is 10.8 Å². The van der Waals surface area contributed by atoms with Crippen molar-refractivity contribution in [1.82, 2.24) is 10.6 Å². The second-order valence-electron chi connectivity index (χ2n) is 3.17. The van der Waals surface area contributed by atoms with Crippen molar-refractivity contribution in [2.75, 3.05) is 19.6 Å². The molecule has 0 radical (unpaired) electrons. The highest BCUT2D eigenvalue weighted by Crippen LogP contribution is 1.93. The van der Waals surface area contributed by atoms with E-state index in [1.807, 2.05) is 0 Å². The van der Waals surface area contributed by atoms with Crippen molar-refractivity contribution < 1.29 is 9.90 Å². The van der Waals surface area contributed by atoms with Crippen molar-refractivity contribution in [3.8, 4) is 0 Å². The number of carboxylic acids is 1. The lowest BCUT2D eigenvalue weighted by Gasteiger charge is -2.08. The van der Waals surface area contributed by atoms with Crippen LogP contribution < -0.4 is 16.4 Å². The largest absolute Gasteiger partial charge is 0.480 e. The van der Waals surface area contributed by atoms with Crippen LogP contribution >= 0.6 is 0 Å². The van der Waals surface area contributed by atoms with Crippen LogP contribution in [0.2, 0.25) is 0 Å². The molecule has 0 fully saturated rings. The molecule has 0 saturated heterocycles. The maximum atomic E-state index is 10.4. The summed E-state index contributed by atoms with van der Waals surface area (Å²) >= 11 is 0. The van der Waals surface area contributed by atoms with Crippen LogP contribution in [0.15, 0.2) is 4.99 Å². The first kappa shape index (κ1) is 10.8. The Morgan fingerprint density at radius 1 is 1.79 bits per heavy atom. The molecule has 1 heterocycles. The van der Waals surface area contributed by atoms with E-state index in [9.17, 15) is 4.79 Å². The fourth-order valence-electron chi connectivity index (χ4n) is 1.17. The van der Waals surface area contributed by atoms with Crippen LogP contribution in [0.1, 0.15) is 12.8 Å². The summed E-state index contributed by atoms with van der Waals surface area (Å²) in [5.74, 6) is -0.143. The van der Waals surface area contributed by atoms with E-state index in [2.05, 4.69) is 15.6 Å². The van der Waals surface area contributed by atoms with Crippen molar-refractivity contribution in [2.24, 2.45) is 10.7 Å². The maximum absolute atomic E-state index is 10.4. The predicted molar refractivity (Wildman–Crippen MR) is 53.2 cm³/mol. The number of aliphatic imine (C=N–C) groups is 1. The monoisotopic (exact) mass is 200 g/mol. The van der Waals surface area contributed by atoms with Crippen molar-refractivity contribution >= 4 is 11.9 Å². The van der Waals surface area contributed by atoms with Crippen LogP contribution in [-0.4, -0.2) is 42.7 Å². The maximum Gasteiger partial charge on any atom is 0.320 e. The molecule has 14 heavy (non-hydrogen) atoms. The van der Waals surface area contributed by atoms with Crippen LogP contribution in [0.3, 0.4) is 0 Å². The predicted octanol–water partition coefficient (Wildman–Crippen LogP) is -1.27. The molecular formula is C8H16N4O2. The van der Waals surface area contributed by atoms with Gasteiger partial charge in [-0.2, -0.15) is 0 Å². The fourth-order valence-corrected chi connectivity index (χ4v) is 1.17. The van der Waals surface area contributed by atoms with Gasteiger partial charge >= 0.3 is 5.97 Å². The Balaban J connectivity index is 2.01. The average Bonchev–Trinajstić information content (AvgIpc) is 2.64. The van der Waals surface area contributed by atoms with Gasteiger partial charge in [-0.05, 0) is 12.8 Å². The lowest BCUT2D eigenvalue weighted by atomic mass is 10.2. The zero-order chi connectivity index (χ0) is 10.4. The first-order chi connectivity index (χ1) is 6.70. The van der Waals surface area contributed by atoms with Crippen LogP contribution in [0, 0.1) is 0 Å². The SMILES string of the molecule is N[C@@H](CCCNC1=NCCN1)C(=O)O. The third-order valence-corrected chi connectivity index (χ3v) is 1.98. The summed E-state index contributed by atoms with van der Waals surface area (Å²) < 4.78 is 0. The summed E-state index contributed by atoms with van der Waals surface area (Å²) in [7, 11) is 0. The Morgan fingerprint density at radius 3 is 3.14 bits per heavy atom. The van der Waals surface area contributed by atoms with Gasteiger partial charge in [0.25, 0.3) is 0 Å². The summed E-state index contributed by atoms with van der Waals surface area (Å²) in [6, 6.07) is -0.754. The topological polar surface area (TPSA) is 99.7 Å². The normalized spacial score (nSPS) is 17.1. The van der Waals surface area contributed by atoms with Gasteiger partial charge in [-0.25, -0.2) is 0 Å². The average molecular weight is 200 g/mol. The van der Waals surface area contributed by atoms with Crippen LogP contribution in [0.4, 0.5) is 0 Å². The minimum absolute atomic E-state index is 0.482. The second-order valence-corrected chi connectivity index (χ2v) is 3.17. The molecule has 6 heteroatoms. The number of carbonyl (C=O) groups is 1. The number of nitrogens with two attached hydrogens (primary N) is 1.